The van der Waals surface area contributed by atoms with Crippen LogP contribution in [0.15, 0.2) is 69.0 Å². The molecule has 1 aliphatic heterocycles. The summed E-state index contributed by atoms with van der Waals surface area (Å²) < 4.78 is 5.63. The molecule has 2 aliphatic rings. The number of hydrogen-bond acceptors (Lipinski definition) is 6. The van der Waals surface area contributed by atoms with Crippen molar-refractivity contribution in [2.75, 3.05) is 11.1 Å². The van der Waals surface area contributed by atoms with E-state index in [1.54, 1.807) is 18.4 Å². The number of allylic oxidation sites excluding steroid dienone is 3. The number of Topliss-reactive ketones (excluding diaryl/α,β-unsaturated/α-hetero) is 1. The van der Waals surface area contributed by atoms with Crippen molar-refractivity contribution < 1.29 is 14.0 Å². The molecule has 1 amide bonds. The predicted molar refractivity (Wildman–Crippen MR) is 125 cm³/mol. The molecule has 164 valence electrons. The quantitative estimate of drug-likeness (QED) is 0.668. The first-order valence-electron chi connectivity index (χ1n) is 10.5. The number of aryl methyl sites for hydroxylation is 1. The standard InChI is InChI=1S/C25H25N3O3S/c1-15-7-4-5-8-17(15)27-21(30)14-32-24-16(13-26)22(20-9-6-10-31-20)23-18(28-24)11-25(2,3)12-19(23)29/h4-10,22,28H,11-12,14H2,1-3H3,(H,27,30)/t22-/m0/s1. The van der Waals surface area contributed by atoms with E-state index in [9.17, 15) is 14.9 Å². The summed E-state index contributed by atoms with van der Waals surface area (Å²) >= 11 is 1.27. The number of anilines is 1. The zero-order valence-electron chi connectivity index (χ0n) is 18.3. The lowest BCUT2D eigenvalue weighted by molar-refractivity contribution is -0.118. The van der Waals surface area contributed by atoms with Crippen LogP contribution in [0.4, 0.5) is 5.69 Å². The van der Waals surface area contributed by atoms with Gasteiger partial charge in [-0.2, -0.15) is 5.26 Å². The van der Waals surface area contributed by atoms with Crippen molar-refractivity contribution in [3.05, 3.63) is 75.9 Å². The number of nitrogens with zero attached hydrogens (tertiary/aromatic N) is 1. The van der Waals surface area contributed by atoms with Gasteiger partial charge in [-0.1, -0.05) is 43.8 Å². The van der Waals surface area contributed by atoms with Gasteiger partial charge in [0.25, 0.3) is 0 Å². The molecular formula is C25H25N3O3S. The van der Waals surface area contributed by atoms with Crippen LogP contribution >= 0.6 is 11.8 Å². The molecule has 0 saturated heterocycles. The van der Waals surface area contributed by atoms with Crippen LogP contribution in [-0.4, -0.2) is 17.4 Å². The third-order valence-electron chi connectivity index (χ3n) is 5.72. The number of amides is 1. The molecule has 6 nitrogen and oxygen atoms in total. The van der Waals surface area contributed by atoms with E-state index in [0.29, 0.717) is 34.8 Å². The van der Waals surface area contributed by atoms with Gasteiger partial charge in [-0.3, -0.25) is 9.59 Å². The van der Waals surface area contributed by atoms with Crippen LogP contribution in [0, 0.1) is 23.7 Å². The third-order valence-corrected chi connectivity index (χ3v) is 6.74. The summed E-state index contributed by atoms with van der Waals surface area (Å²) in [4.78, 5) is 25.7. The van der Waals surface area contributed by atoms with Gasteiger partial charge in [0.1, 0.15) is 5.76 Å². The van der Waals surface area contributed by atoms with Crippen LogP contribution in [0.5, 0.6) is 0 Å². The molecule has 2 N–H and O–H groups in total. The van der Waals surface area contributed by atoms with Crippen LogP contribution in [0.1, 0.15) is 43.9 Å². The Kier molecular flexibility index (Phi) is 5.98. The Hall–Kier alpha value is -3.24. The fraction of sp³-hybridized carbons (Fsp3) is 0.320. The highest BCUT2D eigenvalue weighted by Crippen LogP contribution is 2.47. The molecule has 2 heterocycles. The summed E-state index contributed by atoms with van der Waals surface area (Å²) in [5.41, 5.74) is 3.38. The summed E-state index contributed by atoms with van der Waals surface area (Å²) in [5, 5.41) is 16.8. The van der Waals surface area contributed by atoms with Crippen LogP contribution in [0.2, 0.25) is 0 Å². The first-order valence-corrected chi connectivity index (χ1v) is 11.5. The van der Waals surface area contributed by atoms with E-state index in [0.717, 1.165) is 16.9 Å². The number of nitriles is 1. The van der Waals surface area contributed by atoms with Gasteiger partial charge in [-0.25, -0.2) is 0 Å². The van der Waals surface area contributed by atoms with E-state index in [1.807, 2.05) is 31.2 Å². The van der Waals surface area contributed by atoms with Crippen molar-refractivity contribution in [3.63, 3.8) is 0 Å². The van der Waals surface area contributed by atoms with Crippen molar-refractivity contribution in [2.24, 2.45) is 5.41 Å². The lowest BCUT2D eigenvalue weighted by Crippen LogP contribution is -2.37. The number of carbonyl (C=O) groups excluding carboxylic acids is 2. The first kappa shape index (κ1) is 22.0. The Bertz CT molecular complexity index is 1170. The number of dihydropyridines is 1. The molecule has 1 aliphatic carbocycles. The molecule has 32 heavy (non-hydrogen) atoms. The molecule has 7 heteroatoms. The van der Waals surface area contributed by atoms with Gasteiger partial charge in [-0.05, 0) is 42.5 Å². The molecule has 0 spiro atoms. The van der Waals surface area contributed by atoms with Crippen LogP contribution < -0.4 is 10.6 Å². The highest BCUT2D eigenvalue weighted by molar-refractivity contribution is 8.03. The lowest BCUT2D eigenvalue weighted by atomic mass is 9.70. The van der Waals surface area contributed by atoms with Crippen LogP contribution in [0.25, 0.3) is 0 Å². The zero-order chi connectivity index (χ0) is 22.9. The molecule has 0 fully saturated rings. The second-order valence-electron chi connectivity index (χ2n) is 8.91. The molecular weight excluding hydrogens is 422 g/mol. The first-order chi connectivity index (χ1) is 15.3. The zero-order valence-corrected chi connectivity index (χ0v) is 19.1. The van der Waals surface area contributed by atoms with Crippen molar-refractivity contribution in [1.82, 2.24) is 5.32 Å². The smallest absolute Gasteiger partial charge is 0.234 e. The normalized spacial score (nSPS) is 19.8. The second-order valence-corrected chi connectivity index (χ2v) is 9.90. The van der Waals surface area contributed by atoms with Crippen molar-refractivity contribution >= 4 is 29.1 Å². The average Bonchev–Trinajstić information content (AvgIpc) is 3.26. The van der Waals surface area contributed by atoms with Crippen LogP contribution in [0.3, 0.4) is 0 Å². The number of para-hydroxylation sites is 1. The number of thioether (sulfide) groups is 1. The topological polar surface area (TPSA) is 95.1 Å². The predicted octanol–water partition coefficient (Wildman–Crippen LogP) is 5.03. The molecule has 1 aromatic carbocycles. The van der Waals surface area contributed by atoms with E-state index in [1.165, 1.54) is 11.8 Å². The summed E-state index contributed by atoms with van der Waals surface area (Å²) in [5.74, 6) is -0.000454. The van der Waals surface area contributed by atoms with E-state index < -0.39 is 5.92 Å². The molecule has 0 radical (unpaired) electrons. The Labute approximate surface area is 191 Å². The summed E-state index contributed by atoms with van der Waals surface area (Å²) in [6, 6.07) is 13.4. The molecule has 0 bridgehead atoms. The van der Waals surface area contributed by atoms with E-state index >= 15 is 0 Å². The van der Waals surface area contributed by atoms with Gasteiger partial charge in [0.15, 0.2) is 5.78 Å². The van der Waals surface area contributed by atoms with Crippen molar-refractivity contribution in [1.29, 1.82) is 5.26 Å². The minimum atomic E-state index is -0.559. The average molecular weight is 448 g/mol. The Morgan fingerprint density at radius 2 is 2.06 bits per heavy atom. The number of furan rings is 1. The van der Waals surface area contributed by atoms with E-state index in [4.69, 9.17) is 4.42 Å². The number of nitrogens with one attached hydrogen (secondary N) is 2. The van der Waals surface area contributed by atoms with Crippen molar-refractivity contribution in [3.8, 4) is 6.07 Å². The Morgan fingerprint density at radius 1 is 1.28 bits per heavy atom. The minimum absolute atomic E-state index is 0.0271. The number of benzene rings is 1. The fourth-order valence-electron chi connectivity index (χ4n) is 4.27. The van der Waals surface area contributed by atoms with Gasteiger partial charge < -0.3 is 15.1 Å². The molecule has 1 atom stereocenters. The van der Waals surface area contributed by atoms with Crippen molar-refractivity contribution in [2.45, 2.75) is 39.5 Å². The molecule has 0 unspecified atom stereocenters. The maximum atomic E-state index is 13.1. The third kappa shape index (κ3) is 4.37. The summed E-state index contributed by atoms with van der Waals surface area (Å²) in [6.45, 7) is 6.06. The summed E-state index contributed by atoms with van der Waals surface area (Å²) in [7, 11) is 0. The maximum absolute atomic E-state index is 13.1. The lowest BCUT2D eigenvalue weighted by Gasteiger charge is -2.38. The maximum Gasteiger partial charge on any atom is 0.234 e. The monoisotopic (exact) mass is 447 g/mol. The molecule has 1 aromatic heterocycles. The minimum Gasteiger partial charge on any atom is -0.468 e. The summed E-state index contributed by atoms with van der Waals surface area (Å²) in [6.07, 6.45) is 2.65. The van der Waals surface area contributed by atoms with Gasteiger partial charge in [0, 0.05) is 23.4 Å². The SMILES string of the molecule is Cc1ccccc1NC(=O)CSC1=C(C#N)[C@@H](c2ccco2)C2=C(CC(C)(C)CC2=O)N1. The number of carbonyl (C=O) groups is 2. The Balaban J connectivity index is 1.62. The van der Waals surface area contributed by atoms with Gasteiger partial charge >= 0.3 is 0 Å². The van der Waals surface area contributed by atoms with Gasteiger partial charge in [-0.15, -0.1) is 0 Å². The molecule has 0 saturated carbocycles. The number of rotatable bonds is 5. The molecule has 4 rings (SSSR count). The highest BCUT2D eigenvalue weighted by Gasteiger charge is 2.42. The fourth-order valence-corrected chi connectivity index (χ4v) is 5.13. The van der Waals surface area contributed by atoms with Gasteiger partial charge in [0.2, 0.25) is 5.91 Å². The van der Waals surface area contributed by atoms with Gasteiger partial charge in [0.05, 0.1) is 34.6 Å². The molecule has 2 aromatic rings. The van der Waals surface area contributed by atoms with E-state index in [-0.39, 0.29) is 22.9 Å². The Morgan fingerprint density at radius 3 is 2.75 bits per heavy atom. The number of hydrogen-bond donors (Lipinski definition) is 2. The highest BCUT2D eigenvalue weighted by atomic mass is 32.2. The van der Waals surface area contributed by atoms with Crippen LogP contribution in [-0.2, 0) is 9.59 Å². The van der Waals surface area contributed by atoms with E-state index in [2.05, 4.69) is 30.6 Å². The number of ketones is 1. The largest absolute Gasteiger partial charge is 0.468 e. The second kappa shape index (κ2) is 8.71.